The third kappa shape index (κ3) is 6.82. The number of nitro groups is 1. The third-order valence-electron chi connectivity index (χ3n) is 3.95. The molecule has 0 atom stereocenters. The number of ether oxygens (including phenoxy) is 1. The highest BCUT2D eigenvalue weighted by Crippen LogP contribution is 2.26. The topological polar surface area (TPSA) is 153 Å². The molecule has 3 aromatic rings. The average molecular weight is 488 g/mol. The number of nitrogens with zero attached hydrogens (tertiary/aromatic N) is 3. The molecule has 0 radical (unpaired) electrons. The van der Waals surface area contributed by atoms with Gasteiger partial charge in [0.1, 0.15) is 0 Å². The zero-order valence-electron chi connectivity index (χ0n) is 17.1. The van der Waals surface area contributed by atoms with Crippen LogP contribution in [0.5, 0.6) is 0 Å². The molecule has 170 valence electrons. The summed E-state index contributed by atoms with van der Waals surface area (Å²) < 4.78 is 5.36. The predicted molar refractivity (Wildman–Crippen MR) is 123 cm³/mol. The number of thioether (sulfide) groups is 1. The molecule has 2 amide bonds. The minimum absolute atomic E-state index is 0.0487. The first-order valence-electron chi connectivity index (χ1n) is 9.45. The number of hydrogen-bond donors (Lipinski definition) is 2. The van der Waals surface area contributed by atoms with E-state index in [0.717, 1.165) is 29.2 Å². The van der Waals surface area contributed by atoms with E-state index in [9.17, 15) is 24.5 Å². The van der Waals surface area contributed by atoms with E-state index in [4.69, 9.17) is 4.74 Å². The van der Waals surface area contributed by atoms with Gasteiger partial charge in [0.15, 0.2) is 4.34 Å². The maximum Gasteiger partial charge on any atom is 0.338 e. The van der Waals surface area contributed by atoms with Gasteiger partial charge in [-0.1, -0.05) is 29.2 Å². The van der Waals surface area contributed by atoms with Crippen LogP contribution in [0.4, 0.5) is 16.5 Å². The van der Waals surface area contributed by atoms with Gasteiger partial charge in [0.2, 0.25) is 11.0 Å². The fraction of sp³-hybridized carbons (Fsp3) is 0.150. The molecule has 1 heterocycles. The van der Waals surface area contributed by atoms with Crippen molar-refractivity contribution in [3.63, 3.8) is 0 Å². The first kappa shape index (κ1) is 23.8. The van der Waals surface area contributed by atoms with Crippen molar-refractivity contribution in [2.24, 2.45) is 0 Å². The van der Waals surface area contributed by atoms with Crippen molar-refractivity contribution in [1.82, 2.24) is 10.2 Å². The van der Waals surface area contributed by atoms with Crippen LogP contribution in [0.15, 0.2) is 52.9 Å². The van der Waals surface area contributed by atoms with Gasteiger partial charge >= 0.3 is 5.97 Å². The minimum Gasteiger partial charge on any atom is -0.462 e. The van der Waals surface area contributed by atoms with Crippen molar-refractivity contribution in [2.45, 2.75) is 11.3 Å². The predicted octanol–water partition coefficient (Wildman–Crippen LogP) is 3.61. The summed E-state index contributed by atoms with van der Waals surface area (Å²) in [5, 5.41) is 24.0. The summed E-state index contributed by atoms with van der Waals surface area (Å²) in [6.07, 6.45) is 0. The van der Waals surface area contributed by atoms with E-state index < -0.39 is 16.8 Å². The number of anilines is 2. The van der Waals surface area contributed by atoms with E-state index in [1.54, 1.807) is 31.2 Å². The zero-order chi connectivity index (χ0) is 23.8. The molecule has 2 aromatic carbocycles. The lowest BCUT2D eigenvalue weighted by molar-refractivity contribution is -0.384. The highest BCUT2D eigenvalue weighted by Gasteiger charge is 2.15. The Kier molecular flexibility index (Phi) is 8.05. The van der Waals surface area contributed by atoms with Crippen molar-refractivity contribution >= 4 is 57.4 Å². The number of benzene rings is 2. The van der Waals surface area contributed by atoms with E-state index in [0.29, 0.717) is 15.6 Å². The molecule has 0 unspecified atom stereocenters. The van der Waals surface area contributed by atoms with Gasteiger partial charge in [-0.25, -0.2) is 4.79 Å². The molecule has 0 aliphatic rings. The smallest absolute Gasteiger partial charge is 0.338 e. The summed E-state index contributed by atoms with van der Waals surface area (Å²) >= 11 is 2.20. The van der Waals surface area contributed by atoms with Gasteiger partial charge in [-0.15, -0.1) is 10.2 Å². The second-order valence-electron chi connectivity index (χ2n) is 6.27. The second-order valence-corrected chi connectivity index (χ2v) is 8.47. The molecule has 11 nitrogen and oxygen atoms in total. The van der Waals surface area contributed by atoms with Crippen LogP contribution >= 0.6 is 23.1 Å². The monoisotopic (exact) mass is 487 g/mol. The third-order valence-corrected chi connectivity index (χ3v) is 5.92. The number of nitrogens with one attached hydrogen (secondary N) is 2. The second kappa shape index (κ2) is 11.2. The standard InChI is InChI=1S/C20H17N5O6S2/c1-2-31-18(28)12-6-8-14(9-7-12)21-16(26)11-32-20-24-23-19(33-20)22-17(27)13-4-3-5-15(10-13)25(29)30/h3-10H,2,11H2,1H3,(H,21,26)(H,22,23,27). The quantitative estimate of drug-likeness (QED) is 0.151. The number of aromatic nitrogens is 2. The zero-order valence-corrected chi connectivity index (χ0v) is 18.8. The number of carbonyl (C=O) groups excluding carboxylic acids is 3. The Morgan fingerprint density at radius 2 is 1.85 bits per heavy atom. The Hall–Kier alpha value is -3.84. The first-order chi connectivity index (χ1) is 15.9. The number of amides is 2. The summed E-state index contributed by atoms with van der Waals surface area (Å²) in [4.78, 5) is 46.4. The number of rotatable bonds is 9. The Bertz CT molecular complexity index is 1180. The molecular formula is C20H17N5O6S2. The number of nitro benzene ring substituents is 1. The highest BCUT2D eigenvalue weighted by molar-refractivity contribution is 8.01. The molecule has 0 fully saturated rings. The van der Waals surface area contributed by atoms with Crippen LogP contribution in [0.3, 0.4) is 0 Å². The Morgan fingerprint density at radius 1 is 1.09 bits per heavy atom. The van der Waals surface area contributed by atoms with E-state index >= 15 is 0 Å². The van der Waals surface area contributed by atoms with Crippen molar-refractivity contribution < 1.29 is 24.0 Å². The fourth-order valence-electron chi connectivity index (χ4n) is 2.48. The van der Waals surface area contributed by atoms with E-state index in [2.05, 4.69) is 20.8 Å². The molecule has 0 aliphatic carbocycles. The van der Waals surface area contributed by atoms with Crippen LogP contribution in [0.2, 0.25) is 0 Å². The molecule has 0 saturated carbocycles. The molecule has 0 aliphatic heterocycles. The summed E-state index contributed by atoms with van der Waals surface area (Å²) in [6.45, 7) is 2.00. The normalized spacial score (nSPS) is 10.3. The van der Waals surface area contributed by atoms with Crippen molar-refractivity contribution in [1.29, 1.82) is 0 Å². The van der Waals surface area contributed by atoms with Gasteiger partial charge in [0.05, 0.1) is 22.8 Å². The minimum atomic E-state index is -0.587. The van der Waals surface area contributed by atoms with Gasteiger partial charge in [-0.3, -0.25) is 25.0 Å². The van der Waals surface area contributed by atoms with Crippen molar-refractivity contribution in [3.05, 3.63) is 69.8 Å². The van der Waals surface area contributed by atoms with Crippen molar-refractivity contribution in [2.75, 3.05) is 23.0 Å². The molecule has 33 heavy (non-hydrogen) atoms. The Balaban J connectivity index is 1.50. The number of non-ortho nitro benzene ring substituents is 1. The molecule has 3 rings (SSSR count). The van der Waals surface area contributed by atoms with Gasteiger partial charge < -0.3 is 10.1 Å². The summed E-state index contributed by atoms with van der Waals surface area (Å²) in [5.41, 5.74) is 0.827. The van der Waals surface area contributed by atoms with Gasteiger partial charge in [0.25, 0.3) is 11.6 Å². The van der Waals surface area contributed by atoms with Crippen LogP contribution in [0.1, 0.15) is 27.6 Å². The van der Waals surface area contributed by atoms with Crippen LogP contribution in [-0.2, 0) is 9.53 Å². The summed E-state index contributed by atoms with van der Waals surface area (Å²) in [6, 6.07) is 11.6. The van der Waals surface area contributed by atoms with Gasteiger partial charge in [-0.2, -0.15) is 0 Å². The maximum absolute atomic E-state index is 12.3. The lowest BCUT2D eigenvalue weighted by atomic mass is 10.2. The Morgan fingerprint density at radius 3 is 2.55 bits per heavy atom. The van der Waals surface area contributed by atoms with Gasteiger partial charge in [0, 0.05) is 23.4 Å². The molecule has 0 spiro atoms. The molecule has 1 aromatic heterocycles. The van der Waals surface area contributed by atoms with E-state index in [1.807, 2.05) is 0 Å². The van der Waals surface area contributed by atoms with Crippen LogP contribution in [0, 0.1) is 10.1 Å². The molecule has 13 heteroatoms. The number of carbonyl (C=O) groups is 3. The van der Waals surface area contributed by atoms with Crippen LogP contribution in [-0.4, -0.2) is 45.3 Å². The maximum atomic E-state index is 12.3. The van der Waals surface area contributed by atoms with E-state index in [1.165, 1.54) is 18.2 Å². The highest BCUT2D eigenvalue weighted by atomic mass is 32.2. The molecular weight excluding hydrogens is 470 g/mol. The fourth-order valence-corrected chi connectivity index (χ4v) is 4.02. The molecule has 0 saturated heterocycles. The first-order valence-corrected chi connectivity index (χ1v) is 11.2. The van der Waals surface area contributed by atoms with E-state index in [-0.39, 0.29) is 34.6 Å². The molecule has 0 bridgehead atoms. The molecule has 2 N–H and O–H groups in total. The number of hydrogen-bond acceptors (Lipinski definition) is 10. The lowest BCUT2D eigenvalue weighted by Gasteiger charge is -2.06. The van der Waals surface area contributed by atoms with Crippen molar-refractivity contribution in [3.8, 4) is 0 Å². The Labute approximate surface area is 195 Å². The summed E-state index contributed by atoms with van der Waals surface area (Å²) in [7, 11) is 0. The van der Waals surface area contributed by atoms with Gasteiger partial charge in [-0.05, 0) is 37.3 Å². The van der Waals surface area contributed by atoms with Crippen LogP contribution < -0.4 is 10.6 Å². The van der Waals surface area contributed by atoms with Crippen LogP contribution in [0.25, 0.3) is 0 Å². The number of esters is 1. The average Bonchev–Trinajstić information content (AvgIpc) is 3.25. The summed E-state index contributed by atoms with van der Waals surface area (Å²) in [5.74, 6) is -1.24. The lowest BCUT2D eigenvalue weighted by Crippen LogP contribution is -2.14. The largest absolute Gasteiger partial charge is 0.462 e. The SMILES string of the molecule is CCOC(=O)c1ccc(NC(=O)CSc2nnc(NC(=O)c3cccc([N+](=O)[O-])c3)s2)cc1.